The minimum absolute atomic E-state index is 0.0299. The van der Waals surface area contributed by atoms with Crippen LogP contribution in [0.25, 0.3) is 6.08 Å². The van der Waals surface area contributed by atoms with Crippen LogP contribution in [0.1, 0.15) is 31.2 Å². The van der Waals surface area contributed by atoms with Crippen LogP contribution in [0.5, 0.6) is 0 Å². The van der Waals surface area contributed by atoms with Gasteiger partial charge in [-0.15, -0.1) is 0 Å². The first-order valence-electron chi connectivity index (χ1n) is 11.5. The average Bonchev–Trinajstić information content (AvgIpc) is 3.57. The summed E-state index contributed by atoms with van der Waals surface area (Å²) in [5, 5.41) is 21.7. The third kappa shape index (κ3) is 6.08. The van der Waals surface area contributed by atoms with Crippen molar-refractivity contribution in [3.63, 3.8) is 0 Å². The molecule has 2 saturated heterocycles. The molecule has 33 heavy (non-hydrogen) atoms. The molecule has 0 bridgehead atoms. The van der Waals surface area contributed by atoms with Crippen molar-refractivity contribution in [1.82, 2.24) is 14.7 Å². The molecule has 1 aromatic rings. The van der Waals surface area contributed by atoms with Gasteiger partial charge in [0.1, 0.15) is 0 Å². The Morgan fingerprint density at radius 2 is 1.94 bits per heavy atom. The van der Waals surface area contributed by atoms with Crippen LogP contribution in [-0.2, 0) is 9.59 Å². The Morgan fingerprint density at radius 3 is 2.67 bits per heavy atom. The molecule has 7 nitrogen and oxygen atoms in total. The van der Waals surface area contributed by atoms with Crippen LogP contribution >= 0.6 is 23.2 Å². The third-order valence-corrected chi connectivity index (χ3v) is 7.76. The van der Waals surface area contributed by atoms with Crippen molar-refractivity contribution < 1.29 is 19.8 Å². The fraction of sp³-hybridized carbons (Fsp3) is 0.583. The van der Waals surface area contributed by atoms with Gasteiger partial charge in [0.2, 0.25) is 11.8 Å². The summed E-state index contributed by atoms with van der Waals surface area (Å²) in [4.78, 5) is 30.8. The first kappa shape index (κ1) is 24.5. The van der Waals surface area contributed by atoms with Gasteiger partial charge in [-0.1, -0.05) is 29.3 Å². The summed E-state index contributed by atoms with van der Waals surface area (Å²) < 4.78 is 0. The van der Waals surface area contributed by atoms with Gasteiger partial charge < -0.3 is 20.0 Å². The number of piperidine rings is 1. The smallest absolute Gasteiger partial charge is 0.246 e. The predicted octanol–water partition coefficient (Wildman–Crippen LogP) is 2.28. The van der Waals surface area contributed by atoms with Gasteiger partial charge in [0.25, 0.3) is 0 Å². The van der Waals surface area contributed by atoms with Crippen LogP contribution in [0.2, 0.25) is 10.0 Å². The molecule has 2 unspecified atom stereocenters. The standard InChI is InChI=1S/C24H31Cl2N3O4/c25-19-3-1-17(13-20(19)26)2-4-22(32)28-10-6-23(33)29(12-11-28)15-18(30)14-27-9-5-21(31)24(16-27)7-8-24/h1-4,13,18,21,30-31H,5-12,14-16H2/b4-2+. The molecular formula is C24H31Cl2N3O4. The van der Waals surface area contributed by atoms with E-state index in [9.17, 15) is 19.8 Å². The van der Waals surface area contributed by atoms with Crippen LogP contribution in [0.4, 0.5) is 0 Å². The van der Waals surface area contributed by atoms with Crippen molar-refractivity contribution in [2.24, 2.45) is 5.41 Å². The first-order chi connectivity index (χ1) is 15.8. The van der Waals surface area contributed by atoms with Gasteiger partial charge >= 0.3 is 0 Å². The molecule has 1 saturated carbocycles. The third-order valence-electron chi connectivity index (χ3n) is 7.02. The van der Waals surface area contributed by atoms with E-state index in [2.05, 4.69) is 4.90 Å². The lowest BCUT2D eigenvalue weighted by atomic mass is 9.91. The average molecular weight is 496 g/mol. The van der Waals surface area contributed by atoms with Crippen LogP contribution in [0.3, 0.4) is 0 Å². The van der Waals surface area contributed by atoms with Crippen molar-refractivity contribution in [2.75, 3.05) is 45.8 Å². The van der Waals surface area contributed by atoms with E-state index in [0.29, 0.717) is 36.2 Å². The number of nitrogens with zero attached hydrogens (tertiary/aromatic N) is 3. The maximum atomic E-state index is 12.6. The Labute approximate surface area is 204 Å². The van der Waals surface area contributed by atoms with Gasteiger partial charge in [0.05, 0.1) is 22.3 Å². The highest BCUT2D eigenvalue weighted by Crippen LogP contribution is 2.52. The highest BCUT2D eigenvalue weighted by atomic mass is 35.5. The number of β-amino-alcohol motifs (C(OH)–C–C–N with tert-alkyl or cyclic N) is 1. The predicted molar refractivity (Wildman–Crippen MR) is 128 cm³/mol. The number of rotatable bonds is 6. The number of likely N-dealkylation sites (tertiary alicyclic amines) is 1. The number of hydrogen-bond donors (Lipinski definition) is 2. The monoisotopic (exact) mass is 495 g/mol. The second kappa shape index (κ2) is 10.3. The molecule has 180 valence electrons. The summed E-state index contributed by atoms with van der Waals surface area (Å²) in [6, 6.07) is 5.15. The molecule has 2 aliphatic heterocycles. The number of carbonyl (C=O) groups excluding carboxylic acids is 2. The van der Waals surface area contributed by atoms with Crippen molar-refractivity contribution in [3.05, 3.63) is 39.9 Å². The number of halogens is 2. The highest BCUT2D eigenvalue weighted by Gasteiger charge is 2.51. The van der Waals surface area contributed by atoms with E-state index in [1.54, 1.807) is 34.1 Å². The zero-order valence-corrected chi connectivity index (χ0v) is 20.1. The van der Waals surface area contributed by atoms with Crippen LogP contribution < -0.4 is 0 Å². The van der Waals surface area contributed by atoms with E-state index in [0.717, 1.165) is 37.9 Å². The Morgan fingerprint density at radius 1 is 1.15 bits per heavy atom. The fourth-order valence-electron chi connectivity index (χ4n) is 4.83. The summed E-state index contributed by atoms with van der Waals surface area (Å²) in [5.74, 6) is -0.219. The Balaban J connectivity index is 1.27. The zero-order valence-electron chi connectivity index (χ0n) is 18.6. The SMILES string of the molecule is O=C(/C=C/c1ccc(Cl)c(Cl)c1)N1CCC(=O)N(CC(O)CN2CCC(O)C3(CC3)C2)CC1. The van der Waals surface area contributed by atoms with E-state index in [-0.39, 0.29) is 36.3 Å². The molecule has 3 fully saturated rings. The number of amides is 2. The van der Waals surface area contributed by atoms with E-state index in [4.69, 9.17) is 23.2 Å². The lowest BCUT2D eigenvalue weighted by Crippen LogP contribution is -2.49. The minimum atomic E-state index is -0.656. The summed E-state index contributed by atoms with van der Waals surface area (Å²) in [7, 11) is 0. The lowest BCUT2D eigenvalue weighted by molar-refractivity contribution is -0.132. The molecule has 0 aromatic heterocycles. The molecule has 1 aromatic carbocycles. The van der Waals surface area contributed by atoms with E-state index >= 15 is 0 Å². The van der Waals surface area contributed by atoms with Crippen molar-refractivity contribution >= 4 is 41.1 Å². The molecule has 2 N–H and O–H groups in total. The van der Waals surface area contributed by atoms with Gasteiger partial charge in [0.15, 0.2) is 0 Å². The van der Waals surface area contributed by atoms with E-state index in [1.165, 1.54) is 6.08 Å². The van der Waals surface area contributed by atoms with Gasteiger partial charge in [-0.3, -0.25) is 14.5 Å². The zero-order chi connectivity index (χ0) is 23.6. The molecular weight excluding hydrogens is 465 g/mol. The topological polar surface area (TPSA) is 84.3 Å². The summed E-state index contributed by atoms with van der Waals surface area (Å²) >= 11 is 11.9. The van der Waals surface area contributed by atoms with Crippen molar-refractivity contribution in [2.45, 2.75) is 37.9 Å². The number of benzene rings is 1. The van der Waals surface area contributed by atoms with Crippen molar-refractivity contribution in [3.8, 4) is 0 Å². The van der Waals surface area contributed by atoms with Gasteiger partial charge in [-0.2, -0.15) is 0 Å². The van der Waals surface area contributed by atoms with Crippen LogP contribution in [0.15, 0.2) is 24.3 Å². The number of aliphatic hydroxyl groups is 2. The Hall–Kier alpha value is -1.64. The molecule has 0 radical (unpaired) electrons. The maximum Gasteiger partial charge on any atom is 0.246 e. The Bertz CT molecular complexity index is 921. The summed E-state index contributed by atoms with van der Waals surface area (Å²) in [6.45, 7) is 3.49. The molecule has 4 rings (SSSR count). The van der Waals surface area contributed by atoms with Gasteiger partial charge in [0, 0.05) is 63.7 Å². The molecule has 2 atom stereocenters. The second-order valence-electron chi connectivity index (χ2n) is 9.48. The van der Waals surface area contributed by atoms with E-state index in [1.807, 2.05) is 0 Å². The number of hydrogen-bond acceptors (Lipinski definition) is 5. The minimum Gasteiger partial charge on any atom is -0.392 e. The van der Waals surface area contributed by atoms with Gasteiger partial charge in [-0.25, -0.2) is 0 Å². The summed E-state index contributed by atoms with van der Waals surface area (Å²) in [6.07, 6.45) is 5.35. The largest absolute Gasteiger partial charge is 0.392 e. The molecule has 2 amide bonds. The Kier molecular flexibility index (Phi) is 7.66. The number of aliphatic hydroxyl groups excluding tert-OH is 2. The van der Waals surface area contributed by atoms with Gasteiger partial charge in [-0.05, 0) is 43.0 Å². The fourth-order valence-corrected chi connectivity index (χ4v) is 5.13. The quantitative estimate of drug-likeness (QED) is 0.591. The summed E-state index contributed by atoms with van der Waals surface area (Å²) in [5.41, 5.74) is 0.800. The second-order valence-corrected chi connectivity index (χ2v) is 10.3. The first-order valence-corrected chi connectivity index (χ1v) is 12.3. The van der Waals surface area contributed by atoms with Crippen LogP contribution in [-0.4, -0.2) is 94.7 Å². The molecule has 1 spiro atoms. The normalized spacial score (nSPS) is 24.4. The van der Waals surface area contributed by atoms with Crippen LogP contribution in [0, 0.1) is 5.41 Å². The molecule has 2 heterocycles. The lowest BCUT2D eigenvalue weighted by Gasteiger charge is -2.38. The molecule has 3 aliphatic rings. The molecule has 1 aliphatic carbocycles. The van der Waals surface area contributed by atoms with Crippen molar-refractivity contribution in [1.29, 1.82) is 0 Å². The number of carbonyl (C=O) groups is 2. The molecule has 9 heteroatoms. The maximum absolute atomic E-state index is 12.6. The highest BCUT2D eigenvalue weighted by molar-refractivity contribution is 6.42. The van der Waals surface area contributed by atoms with E-state index < -0.39 is 6.10 Å².